The fraction of sp³-hybridized carbons (Fsp3) is 0.750. The van der Waals surface area contributed by atoms with Crippen LogP contribution in [0.15, 0.2) is 11.3 Å². The second-order valence-electron chi connectivity index (χ2n) is 4.19. The molecule has 0 radical (unpaired) electrons. The quantitative estimate of drug-likeness (QED) is 0.652. The van der Waals surface area contributed by atoms with Crippen molar-refractivity contribution in [1.82, 2.24) is 4.90 Å². The molecule has 0 saturated carbocycles. The van der Waals surface area contributed by atoms with Gasteiger partial charge in [0.25, 0.3) is 0 Å². The van der Waals surface area contributed by atoms with Crippen LogP contribution in [0.2, 0.25) is 0 Å². The van der Waals surface area contributed by atoms with Crippen LogP contribution >= 0.6 is 0 Å². The van der Waals surface area contributed by atoms with Gasteiger partial charge in [0.1, 0.15) is 0 Å². The number of carbonyl (C=O) groups excluding carboxylic acids is 1. The highest BCUT2D eigenvalue weighted by Crippen LogP contribution is 2.30. The maximum atomic E-state index is 11.7. The number of hydrogen-bond acceptors (Lipinski definition) is 3. The van der Waals surface area contributed by atoms with Crippen molar-refractivity contribution in [3.05, 3.63) is 11.3 Å². The molecule has 15 heavy (non-hydrogen) atoms. The SMILES string of the molecule is CCOC(=O)C1=C2CCCCN2CCC1. The third-order valence-corrected chi connectivity index (χ3v) is 3.20. The minimum absolute atomic E-state index is 0.0842. The van der Waals surface area contributed by atoms with Crippen LogP contribution in [0.25, 0.3) is 0 Å². The molecule has 0 atom stereocenters. The van der Waals surface area contributed by atoms with E-state index in [1.54, 1.807) is 0 Å². The molecule has 0 bridgehead atoms. The molecule has 0 N–H and O–H groups in total. The molecular weight excluding hydrogens is 190 g/mol. The molecule has 0 unspecified atom stereocenters. The number of nitrogens with zero attached hydrogens (tertiary/aromatic N) is 1. The lowest BCUT2D eigenvalue weighted by atomic mass is 9.95. The first-order chi connectivity index (χ1) is 7.33. The van der Waals surface area contributed by atoms with E-state index >= 15 is 0 Å². The molecule has 84 valence electrons. The van der Waals surface area contributed by atoms with Crippen molar-refractivity contribution in [3.63, 3.8) is 0 Å². The van der Waals surface area contributed by atoms with Crippen LogP contribution in [0.5, 0.6) is 0 Å². The van der Waals surface area contributed by atoms with Gasteiger partial charge >= 0.3 is 5.97 Å². The second-order valence-corrected chi connectivity index (χ2v) is 4.19. The van der Waals surface area contributed by atoms with E-state index in [1.807, 2.05) is 6.92 Å². The van der Waals surface area contributed by atoms with Crippen molar-refractivity contribution in [2.24, 2.45) is 0 Å². The molecular formula is C12H19NO2. The number of ether oxygens (including phenoxy) is 1. The smallest absolute Gasteiger partial charge is 0.335 e. The fourth-order valence-corrected chi connectivity index (χ4v) is 2.51. The first kappa shape index (κ1) is 10.5. The molecule has 1 saturated heterocycles. The van der Waals surface area contributed by atoms with Crippen LogP contribution in [0.3, 0.4) is 0 Å². The highest BCUT2D eigenvalue weighted by atomic mass is 16.5. The minimum Gasteiger partial charge on any atom is -0.463 e. The summed E-state index contributed by atoms with van der Waals surface area (Å²) in [6.07, 6.45) is 5.55. The van der Waals surface area contributed by atoms with Gasteiger partial charge in [-0.25, -0.2) is 4.79 Å². The van der Waals surface area contributed by atoms with Gasteiger partial charge in [0.2, 0.25) is 0 Å². The third-order valence-electron chi connectivity index (χ3n) is 3.20. The monoisotopic (exact) mass is 209 g/mol. The Kier molecular flexibility index (Phi) is 3.29. The number of fused-ring (bicyclic) bond motifs is 1. The number of piperidine rings is 1. The molecule has 2 aliphatic rings. The highest BCUT2D eigenvalue weighted by Gasteiger charge is 2.26. The zero-order valence-corrected chi connectivity index (χ0v) is 9.42. The van der Waals surface area contributed by atoms with Gasteiger partial charge in [-0.2, -0.15) is 0 Å². The summed E-state index contributed by atoms with van der Waals surface area (Å²) < 4.78 is 5.11. The van der Waals surface area contributed by atoms with Crippen LogP contribution in [0.4, 0.5) is 0 Å². The van der Waals surface area contributed by atoms with E-state index in [0.29, 0.717) is 6.61 Å². The molecule has 2 heterocycles. The lowest BCUT2D eigenvalue weighted by Crippen LogP contribution is -2.34. The molecule has 0 aliphatic carbocycles. The average Bonchev–Trinajstić information content (AvgIpc) is 2.28. The minimum atomic E-state index is -0.0842. The molecule has 3 heteroatoms. The third kappa shape index (κ3) is 2.16. The van der Waals surface area contributed by atoms with Crippen molar-refractivity contribution in [2.45, 2.75) is 39.0 Å². The first-order valence-electron chi connectivity index (χ1n) is 5.97. The summed E-state index contributed by atoms with van der Waals surface area (Å²) in [5.41, 5.74) is 2.22. The van der Waals surface area contributed by atoms with Gasteiger partial charge in [0, 0.05) is 18.8 Å². The van der Waals surface area contributed by atoms with Crippen molar-refractivity contribution in [2.75, 3.05) is 19.7 Å². The van der Waals surface area contributed by atoms with E-state index < -0.39 is 0 Å². The van der Waals surface area contributed by atoms with E-state index in [1.165, 1.54) is 18.5 Å². The fourth-order valence-electron chi connectivity index (χ4n) is 2.51. The lowest BCUT2D eigenvalue weighted by molar-refractivity contribution is -0.139. The van der Waals surface area contributed by atoms with Crippen LogP contribution < -0.4 is 0 Å². The van der Waals surface area contributed by atoms with Gasteiger partial charge in [-0.3, -0.25) is 0 Å². The molecule has 2 aliphatic heterocycles. The van der Waals surface area contributed by atoms with E-state index in [2.05, 4.69) is 4.90 Å². The van der Waals surface area contributed by atoms with Crippen LogP contribution in [-0.4, -0.2) is 30.6 Å². The number of esters is 1. The predicted molar refractivity (Wildman–Crippen MR) is 58.3 cm³/mol. The summed E-state index contributed by atoms with van der Waals surface area (Å²) in [6.45, 7) is 4.59. The molecule has 2 rings (SSSR count). The maximum Gasteiger partial charge on any atom is 0.335 e. The normalized spacial score (nSPS) is 21.3. The second kappa shape index (κ2) is 4.69. The largest absolute Gasteiger partial charge is 0.463 e. The number of hydrogen-bond donors (Lipinski definition) is 0. The van der Waals surface area contributed by atoms with Gasteiger partial charge < -0.3 is 9.64 Å². The van der Waals surface area contributed by atoms with Gasteiger partial charge in [-0.15, -0.1) is 0 Å². The maximum absolute atomic E-state index is 11.7. The predicted octanol–water partition coefficient (Wildman–Crippen LogP) is 2.08. The standard InChI is InChI=1S/C12H19NO2/c1-2-15-12(14)10-6-5-9-13-8-4-3-7-11(10)13/h2-9H2,1H3. The molecule has 3 nitrogen and oxygen atoms in total. The van der Waals surface area contributed by atoms with Gasteiger partial charge in [0.15, 0.2) is 0 Å². The number of rotatable bonds is 2. The summed E-state index contributed by atoms with van der Waals surface area (Å²) >= 11 is 0. The zero-order chi connectivity index (χ0) is 10.7. The summed E-state index contributed by atoms with van der Waals surface area (Å²) in [4.78, 5) is 14.1. The van der Waals surface area contributed by atoms with Gasteiger partial charge in [0.05, 0.1) is 12.2 Å². The first-order valence-corrected chi connectivity index (χ1v) is 5.97. The van der Waals surface area contributed by atoms with Gasteiger partial charge in [-0.05, 0) is 39.0 Å². The summed E-state index contributed by atoms with van der Waals surface area (Å²) in [5, 5.41) is 0. The van der Waals surface area contributed by atoms with Crippen LogP contribution in [0.1, 0.15) is 39.0 Å². The Labute approximate surface area is 91.1 Å². The highest BCUT2D eigenvalue weighted by molar-refractivity contribution is 5.89. The number of allylic oxidation sites excluding steroid dienone is 1. The van der Waals surface area contributed by atoms with E-state index in [0.717, 1.165) is 37.9 Å². The van der Waals surface area contributed by atoms with Gasteiger partial charge in [-0.1, -0.05) is 0 Å². The van der Waals surface area contributed by atoms with Crippen molar-refractivity contribution < 1.29 is 9.53 Å². The molecule has 0 aromatic heterocycles. The summed E-state index contributed by atoms with van der Waals surface area (Å²) in [7, 11) is 0. The molecule has 0 spiro atoms. The average molecular weight is 209 g/mol. The Morgan fingerprint density at radius 2 is 2.07 bits per heavy atom. The van der Waals surface area contributed by atoms with E-state index in [-0.39, 0.29) is 5.97 Å². The number of carbonyl (C=O) groups is 1. The Morgan fingerprint density at radius 1 is 1.27 bits per heavy atom. The Hall–Kier alpha value is -0.990. The lowest BCUT2D eigenvalue weighted by Gasteiger charge is -2.36. The summed E-state index contributed by atoms with van der Waals surface area (Å²) in [6, 6.07) is 0. The summed E-state index contributed by atoms with van der Waals surface area (Å²) in [5.74, 6) is -0.0842. The van der Waals surface area contributed by atoms with E-state index in [4.69, 9.17) is 4.74 Å². The van der Waals surface area contributed by atoms with E-state index in [9.17, 15) is 4.79 Å². The molecule has 1 fully saturated rings. The topological polar surface area (TPSA) is 29.5 Å². The van der Waals surface area contributed by atoms with Crippen molar-refractivity contribution >= 4 is 5.97 Å². The molecule has 0 aromatic carbocycles. The zero-order valence-electron chi connectivity index (χ0n) is 9.42. The van der Waals surface area contributed by atoms with Crippen molar-refractivity contribution in [3.8, 4) is 0 Å². The molecule has 0 amide bonds. The van der Waals surface area contributed by atoms with Crippen LogP contribution in [0, 0.1) is 0 Å². The Morgan fingerprint density at radius 3 is 2.87 bits per heavy atom. The Bertz CT molecular complexity index is 283. The molecule has 0 aromatic rings. The van der Waals surface area contributed by atoms with Crippen molar-refractivity contribution in [1.29, 1.82) is 0 Å². The Balaban J connectivity index is 2.18. The van der Waals surface area contributed by atoms with Crippen LogP contribution in [-0.2, 0) is 9.53 Å².